The lowest BCUT2D eigenvalue weighted by Crippen LogP contribution is -1.87. The van der Waals surface area contributed by atoms with Gasteiger partial charge in [0.15, 0.2) is 0 Å². The van der Waals surface area contributed by atoms with Crippen LogP contribution in [0.3, 0.4) is 0 Å². The molecule has 0 amide bonds. The fourth-order valence-corrected chi connectivity index (χ4v) is 2.56. The molecule has 5 nitrogen and oxygen atoms in total. The van der Waals surface area contributed by atoms with Gasteiger partial charge in [-0.3, -0.25) is 0 Å². The van der Waals surface area contributed by atoms with Gasteiger partial charge >= 0.3 is 0 Å². The number of phenols is 1. The minimum atomic E-state index is 0.118. The van der Waals surface area contributed by atoms with Crippen molar-refractivity contribution >= 4 is 22.1 Å². The van der Waals surface area contributed by atoms with Crippen LogP contribution in [-0.4, -0.2) is 14.7 Å². The summed E-state index contributed by atoms with van der Waals surface area (Å²) in [6.07, 6.45) is 5.35. The number of nitrogens with zero attached hydrogens (tertiary/aromatic N) is 4. The lowest BCUT2D eigenvalue weighted by atomic mass is 10.1. The van der Waals surface area contributed by atoms with Crippen LogP contribution in [0.15, 0.2) is 89.6 Å². The first-order valence-corrected chi connectivity index (χ1v) is 7.52. The maximum Gasteiger partial charge on any atom is 0.143 e. The summed E-state index contributed by atoms with van der Waals surface area (Å²) in [6.45, 7) is 0. The van der Waals surface area contributed by atoms with E-state index < -0.39 is 0 Å². The molecule has 0 spiro atoms. The normalized spacial score (nSPS) is 11.3. The Hall–Kier alpha value is -3.47. The van der Waals surface area contributed by atoms with Gasteiger partial charge in [-0.2, -0.15) is 5.11 Å². The molecule has 0 saturated carbocycles. The summed E-state index contributed by atoms with van der Waals surface area (Å²) in [4.78, 5) is 4.03. The zero-order valence-corrected chi connectivity index (χ0v) is 12.7. The smallest absolute Gasteiger partial charge is 0.143 e. The van der Waals surface area contributed by atoms with Crippen molar-refractivity contribution in [3.63, 3.8) is 0 Å². The molecule has 0 fully saturated rings. The van der Waals surface area contributed by atoms with E-state index >= 15 is 0 Å². The Labute approximate surface area is 138 Å². The zero-order valence-electron chi connectivity index (χ0n) is 12.7. The summed E-state index contributed by atoms with van der Waals surface area (Å²) >= 11 is 0. The van der Waals surface area contributed by atoms with Crippen LogP contribution >= 0.6 is 0 Å². The van der Waals surface area contributed by atoms with Gasteiger partial charge in [0.25, 0.3) is 0 Å². The first-order chi connectivity index (χ1) is 11.8. The van der Waals surface area contributed by atoms with Crippen molar-refractivity contribution in [2.45, 2.75) is 0 Å². The van der Waals surface area contributed by atoms with Crippen molar-refractivity contribution in [3.8, 4) is 11.4 Å². The Morgan fingerprint density at radius 1 is 0.875 bits per heavy atom. The van der Waals surface area contributed by atoms with E-state index in [2.05, 4.69) is 15.2 Å². The second-order valence-electron chi connectivity index (χ2n) is 5.34. The predicted octanol–water partition coefficient (Wildman–Crippen LogP) is 5.15. The number of rotatable bonds is 3. The van der Waals surface area contributed by atoms with Crippen LogP contribution in [0.25, 0.3) is 16.5 Å². The van der Waals surface area contributed by atoms with Gasteiger partial charge < -0.3 is 9.67 Å². The molecule has 116 valence electrons. The average Bonchev–Trinajstić information content (AvgIpc) is 3.16. The third kappa shape index (κ3) is 2.63. The SMILES string of the molecule is Oc1ccc2ccccc2c1N=Nc1ccc(-n2ccnc2)cc1. The number of phenolic OH excluding ortho intramolecular Hbond substituents is 1. The standard InChI is InChI=1S/C19H14N4O/c24-18-10-5-14-3-1-2-4-17(14)19(18)22-21-15-6-8-16(9-7-15)23-12-11-20-13-23/h1-13,24H. The van der Waals surface area contributed by atoms with Crippen molar-refractivity contribution in [2.75, 3.05) is 0 Å². The Bertz CT molecular complexity index is 1010. The van der Waals surface area contributed by atoms with E-state index in [1.807, 2.05) is 65.4 Å². The number of fused-ring (bicyclic) bond motifs is 1. The van der Waals surface area contributed by atoms with E-state index in [9.17, 15) is 5.11 Å². The minimum Gasteiger partial charge on any atom is -0.506 e. The molecule has 0 atom stereocenters. The van der Waals surface area contributed by atoms with Crippen LogP contribution < -0.4 is 0 Å². The third-order valence-corrected chi connectivity index (χ3v) is 3.80. The van der Waals surface area contributed by atoms with E-state index in [0.717, 1.165) is 16.5 Å². The molecule has 5 heteroatoms. The van der Waals surface area contributed by atoms with E-state index in [-0.39, 0.29) is 5.75 Å². The molecule has 0 aliphatic rings. The molecule has 4 rings (SSSR count). The highest BCUT2D eigenvalue weighted by Gasteiger charge is 2.05. The maximum absolute atomic E-state index is 10.1. The topological polar surface area (TPSA) is 62.8 Å². The fourth-order valence-electron chi connectivity index (χ4n) is 2.56. The number of hydrogen-bond donors (Lipinski definition) is 1. The highest BCUT2D eigenvalue weighted by atomic mass is 16.3. The van der Waals surface area contributed by atoms with Gasteiger partial charge in [-0.15, -0.1) is 5.11 Å². The highest BCUT2D eigenvalue weighted by Crippen LogP contribution is 2.35. The molecule has 0 aliphatic heterocycles. The molecular formula is C19H14N4O. The first-order valence-electron chi connectivity index (χ1n) is 7.52. The number of hydrogen-bond acceptors (Lipinski definition) is 4. The number of azo groups is 1. The van der Waals surface area contributed by atoms with E-state index in [1.165, 1.54) is 0 Å². The quantitative estimate of drug-likeness (QED) is 0.532. The maximum atomic E-state index is 10.1. The summed E-state index contributed by atoms with van der Waals surface area (Å²) in [5.41, 5.74) is 2.19. The summed E-state index contributed by atoms with van der Waals surface area (Å²) in [5, 5.41) is 20.5. The molecule has 0 unspecified atom stereocenters. The number of aromatic hydroxyl groups is 1. The highest BCUT2D eigenvalue weighted by molar-refractivity contribution is 5.95. The second kappa shape index (κ2) is 5.96. The Morgan fingerprint density at radius 3 is 2.50 bits per heavy atom. The molecule has 0 radical (unpaired) electrons. The molecule has 0 saturated heterocycles. The van der Waals surface area contributed by atoms with E-state index in [4.69, 9.17) is 0 Å². The summed E-state index contributed by atoms with van der Waals surface area (Å²) in [6, 6.07) is 18.9. The second-order valence-corrected chi connectivity index (χ2v) is 5.34. The van der Waals surface area contributed by atoms with Crippen molar-refractivity contribution < 1.29 is 5.11 Å². The number of imidazole rings is 1. The fraction of sp³-hybridized carbons (Fsp3) is 0. The van der Waals surface area contributed by atoms with Crippen LogP contribution in [-0.2, 0) is 0 Å². The van der Waals surface area contributed by atoms with Crippen LogP contribution in [0.4, 0.5) is 11.4 Å². The van der Waals surface area contributed by atoms with Crippen LogP contribution in [0.2, 0.25) is 0 Å². The predicted molar refractivity (Wildman–Crippen MR) is 93.4 cm³/mol. The molecule has 1 aromatic heterocycles. The lowest BCUT2D eigenvalue weighted by molar-refractivity contribution is 0.477. The molecule has 24 heavy (non-hydrogen) atoms. The molecular weight excluding hydrogens is 300 g/mol. The van der Waals surface area contributed by atoms with Gasteiger partial charge in [-0.25, -0.2) is 4.98 Å². The van der Waals surface area contributed by atoms with Gasteiger partial charge in [-0.05, 0) is 35.7 Å². The minimum absolute atomic E-state index is 0.118. The van der Waals surface area contributed by atoms with Gasteiger partial charge in [0.1, 0.15) is 11.4 Å². The lowest BCUT2D eigenvalue weighted by Gasteiger charge is -2.04. The number of benzene rings is 3. The Balaban J connectivity index is 1.67. The van der Waals surface area contributed by atoms with Gasteiger partial charge in [0.2, 0.25) is 0 Å². The Morgan fingerprint density at radius 2 is 1.71 bits per heavy atom. The molecule has 0 bridgehead atoms. The molecule has 4 aromatic rings. The molecule has 0 aliphatic carbocycles. The first kappa shape index (κ1) is 14.1. The summed E-state index contributed by atoms with van der Waals surface area (Å²) in [5.74, 6) is 0.118. The van der Waals surface area contributed by atoms with Crippen molar-refractivity contribution in [1.82, 2.24) is 9.55 Å². The molecule has 1 heterocycles. The zero-order chi connectivity index (χ0) is 16.4. The van der Waals surface area contributed by atoms with Crippen LogP contribution in [0, 0.1) is 0 Å². The van der Waals surface area contributed by atoms with Crippen LogP contribution in [0.1, 0.15) is 0 Å². The monoisotopic (exact) mass is 314 g/mol. The largest absolute Gasteiger partial charge is 0.506 e. The average molecular weight is 314 g/mol. The number of aromatic nitrogens is 2. The van der Waals surface area contributed by atoms with Crippen molar-refractivity contribution in [3.05, 3.63) is 79.4 Å². The van der Waals surface area contributed by atoms with Crippen molar-refractivity contribution in [2.24, 2.45) is 10.2 Å². The summed E-state index contributed by atoms with van der Waals surface area (Å²) < 4.78 is 1.91. The van der Waals surface area contributed by atoms with Gasteiger partial charge in [-0.1, -0.05) is 30.3 Å². The van der Waals surface area contributed by atoms with Gasteiger partial charge in [0, 0.05) is 23.5 Å². The Kier molecular flexibility index (Phi) is 3.51. The van der Waals surface area contributed by atoms with Gasteiger partial charge in [0.05, 0.1) is 12.0 Å². The van der Waals surface area contributed by atoms with Crippen molar-refractivity contribution in [1.29, 1.82) is 0 Å². The van der Waals surface area contributed by atoms with Crippen LogP contribution in [0.5, 0.6) is 5.75 Å². The van der Waals surface area contributed by atoms with E-state index in [1.54, 1.807) is 18.6 Å². The summed E-state index contributed by atoms with van der Waals surface area (Å²) in [7, 11) is 0. The molecule has 3 aromatic carbocycles. The van der Waals surface area contributed by atoms with E-state index in [0.29, 0.717) is 11.4 Å². The third-order valence-electron chi connectivity index (χ3n) is 3.80. The molecule has 1 N–H and O–H groups in total.